The van der Waals surface area contributed by atoms with Crippen LogP contribution in [0.3, 0.4) is 0 Å². The van der Waals surface area contributed by atoms with Crippen molar-refractivity contribution in [2.45, 2.75) is 19.9 Å². The van der Waals surface area contributed by atoms with Crippen LogP contribution in [0.2, 0.25) is 0 Å². The number of nitrogens with one attached hydrogen (secondary N) is 2. The van der Waals surface area contributed by atoms with Gasteiger partial charge in [-0.3, -0.25) is 4.79 Å². The number of rotatable bonds is 5. The van der Waals surface area contributed by atoms with Crippen molar-refractivity contribution in [3.8, 4) is 5.75 Å². The van der Waals surface area contributed by atoms with Gasteiger partial charge in [0.1, 0.15) is 17.6 Å². The molecule has 0 heterocycles. The smallest absolute Gasteiger partial charge is 0.246 e. The fourth-order valence-corrected chi connectivity index (χ4v) is 1.99. The van der Waals surface area contributed by atoms with Gasteiger partial charge < -0.3 is 15.4 Å². The number of para-hydroxylation sites is 2. The standard InChI is InChI=1S/C17H19FN2O2/c1-11-8-9-13(10-14(11)18)19-12(2)17(21)20-15-6-4-5-7-16(15)22-3/h4-10,12,19H,1-3H3,(H,20,21)/t12-/m1/s1. The summed E-state index contributed by atoms with van der Waals surface area (Å²) in [5, 5.41) is 5.76. The van der Waals surface area contributed by atoms with Crippen LogP contribution >= 0.6 is 0 Å². The molecule has 0 bridgehead atoms. The monoisotopic (exact) mass is 302 g/mol. The van der Waals surface area contributed by atoms with Crippen molar-refractivity contribution in [3.05, 3.63) is 53.8 Å². The number of ether oxygens (including phenoxy) is 1. The number of hydrogen-bond donors (Lipinski definition) is 2. The molecule has 0 fully saturated rings. The van der Waals surface area contributed by atoms with Gasteiger partial charge in [-0.1, -0.05) is 18.2 Å². The summed E-state index contributed by atoms with van der Waals surface area (Å²) in [7, 11) is 1.54. The third kappa shape index (κ3) is 3.75. The Morgan fingerprint density at radius 1 is 1.23 bits per heavy atom. The maximum Gasteiger partial charge on any atom is 0.246 e. The quantitative estimate of drug-likeness (QED) is 0.887. The predicted octanol–water partition coefficient (Wildman–Crippen LogP) is 3.58. The molecule has 0 aliphatic carbocycles. The number of methoxy groups -OCH3 is 1. The summed E-state index contributed by atoms with van der Waals surface area (Å²) in [5.41, 5.74) is 1.72. The molecule has 1 amide bonds. The molecule has 0 saturated carbocycles. The van der Waals surface area contributed by atoms with Crippen molar-refractivity contribution in [2.75, 3.05) is 17.7 Å². The van der Waals surface area contributed by atoms with Crippen LogP contribution in [0.1, 0.15) is 12.5 Å². The zero-order valence-electron chi connectivity index (χ0n) is 12.8. The van der Waals surface area contributed by atoms with Gasteiger partial charge in [-0.15, -0.1) is 0 Å². The van der Waals surface area contributed by atoms with Gasteiger partial charge in [-0.2, -0.15) is 0 Å². The Bertz CT molecular complexity index is 673. The number of hydrogen-bond acceptors (Lipinski definition) is 3. The molecule has 5 heteroatoms. The number of benzene rings is 2. The minimum Gasteiger partial charge on any atom is -0.495 e. The Morgan fingerprint density at radius 3 is 2.64 bits per heavy atom. The van der Waals surface area contributed by atoms with E-state index >= 15 is 0 Å². The lowest BCUT2D eigenvalue weighted by Gasteiger charge is -2.17. The fourth-order valence-electron chi connectivity index (χ4n) is 1.99. The van der Waals surface area contributed by atoms with Crippen LogP contribution in [0.25, 0.3) is 0 Å². The van der Waals surface area contributed by atoms with Gasteiger partial charge in [0.05, 0.1) is 12.8 Å². The van der Waals surface area contributed by atoms with Gasteiger partial charge in [0, 0.05) is 5.69 Å². The normalized spacial score (nSPS) is 11.6. The summed E-state index contributed by atoms with van der Waals surface area (Å²) in [6.45, 7) is 3.40. The van der Waals surface area contributed by atoms with Crippen molar-refractivity contribution in [3.63, 3.8) is 0 Å². The van der Waals surface area contributed by atoms with E-state index in [0.29, 0.717) is 22.7 Å². The summed E-state index contributed by atoms with van der Waals surface area (Å²) in [4.78, 5) is 12.2. The molecule has 0 spiro atoms. The molecule has 1 atom stereocenters. The zero-order chi connectivity index (χ0) is 16.1. The molecule has 2 rings (SSSR count). The zero-order valence-corrected chi connectivity index (χ0v) is 12.8. The first kappa shape index (κ1) is 15.8. The molecule has 0 aliphatic rings. The maximum atomic E-state index is 13.5. The average Bonchev–Trinajstić information content (AvgIpc) is 2.51. The van der Waals surface area contributed by atoms with Crippen LogP contribution in [0.5, 0.6) is 5.75 Å². The molecule has 0 unspecified atom stereocenters. The fraction of sp³-hybridized carbons (Fsp3) is 0.235. The van der Waals surface area contributed by atoms with Gasteiger partial charge >= 0.3 is 0 Å². The molecular weight excluding hydrogens is 283 g/mol. The van der Waals surface area contributed by atoms with Gasteiger partial charge in [-0.25, -0.2) is 4.39 Å². The van der Waals surface area contributed by atoms with Crippen LogP contribution in [0, 0.1) is 12.7 Å². The van der Waals surface area contributed by atoms with Gasteiger partial charge in [0.2, 0.25) is 5.91 Å². The van der Waals surface area contributed by atoms with E-state index in [1.165, 1.54) is 6.07 Å². The lowest BCUT2D eigenvalue weighted by Crippen LogP contribution is -2.32. The lowest BCUT2D eigenvalue weighted by atomic mass is 10.2. The molecule has 0 aromatic heterocycles. The molecule has 22 heavy (non-hydrogen) atoms. The molecule has 2 aromatic rings. The van der Waals surface area contributed by atoms with E-state index in [1.807, 2.05) is 12.1 Å². The average molecular weight is 302 g/mol. The van der Waals surface area contributed by atoms with E-state index in [4.69, 9.17) is 4.74 Å². The van der Waals surface area contributed by atoms with Crippen LogP contribution in [-0.2, 0) is 4.79 Å². The van der Waals surface area contributed by atoms with Crippen LogP contribution in [0.15, 0.2) is 42.5 Å². The third-order valence-electron chi connectivity index (χ3n) is 3.31. The highest BCUT2D eigenvalue weighted by Crippen LogP contribution is 2.23. The first-order valence-electron chi connectivity index (χ1n) is 6.98. The van der Waals surface area contributed by atoms with Gasteiger partial charge in [0.25, 0.3) is 0 Å². The van der Waals surface area contributed by atoms with Crippen molar-refractivity contribution in [2.24, 2.45) is 0 Å². The molecule has 0 saturated heterocycles. The number of carbonyl (C=O) groups is 1. The molecule has 0 aliphatic heterocycles. The van der Waals surface area contributed by atoms with E-state index in [9.17, 15) is 9.18 Å². The predicted molar refractivity (Wildman–Crippen MR) is 85.8 cm³/mol. The summed E-state index contributed by atoms with van der Waals surface area (Å²) >= 11 is 0. The van der Waals surface area contributed by atoms with Crippen molar-refractivity contribution >= 4 is 17.3 Å². The summed E-state index contributed by atoms with van der Waals surface area (Å²) in [6.07, 6.45) is 0. The Labute approximate surface area is 129 Å². The number of carbonyl (C=O) groups excluding carboxylic acids is 1. The van der Waals surface area contributed by atoms with E-state index in [1.54, 1.807) is 45.2 Å². The van der Waals surface area contributed by atoms with Crippen LogP contribution in [-0.4, -0.2) is 19.1 Å². The summed E-state index contributed by atoms with van der Waals surface area (Å²) in [5.74, 6) is 0.0530. The lowest BCUT2D eigenvalue weighted by molar-refractivity contribution is -0.116. The summed E-state index contributed by atoms with van der Waals surface area (Å²) < 4.78 is 18.7. The minimum absolute atomic E-state index is 0.231. The van der Waals surface area contributed by atoms with E-state index in [0.717, 1.165) is 0 Å². The first-order chi connectivity index (χ1) is 10.5. The van der Waals surface area contributed by atoms with Crippen molar-refractivity contribution < 1.29 is 13.9 Å². The highest BCUT2D eigenvalue weighted by molar-refractivity contribution is 5.97. The molecule has 2 aromatic carbocycles. The Hall–Kier alpha value is -2.56. The molecule has 2 N–H and O–H groups in total. The Balaban J connectivity index is 2.04. The van der Waals surface area contributed by atoms with E-state index in [-0.39, 0.29) is 11.7 Å². The maximum absolute atomic E-state index is 13.5. The van der Waals surface area contributed by atoms with Crippen molar-refractivity contribution in [1.82, 2.24) is 0 Å². The number of halogens is 1. The van der Waals surface area contributed by atoms with Crippen LogP contribution in [0.4, 0.5) is 15.8 Å². The number of amides is 1. The van der Waals surface area contributed by atoms with E-state index in [2.05, 4.69) is 10.6 Å². The topological polar surface area (TPSA) is 50.4 Å². The minimum atomic E-state index is -0.521. The molecule has 0 radical (unpaired) electrons. The van der Waals surface area contributed by atoms with Crippen LogP contribution < -0.4 is 15.4 Å². The van der Waals surface area contributed by atoms with Gasteiger partial charge in [-0.05, 0) is 43.7 Å². The first-order valence-corrected chi connectivity index (χ1v) is 6.98. The van der Waals surface area contributed by atoms with Crippen molar-refractivity contribution in [1.29, 1.82) is 0 Å². The molecular formula is C17H19FN2O2. The van der Waals surface area contributed by atoms with E-state index < -0.39 is 6.04 Å². The Morgan fingerprint density at radius 2 is 1.95 bits per heavy atom. The summed E-state index contributed by atoms with van der Waals surface area (Å²) in [6, 6.07) is 11.4. The highest BCUT2D eigenvalue weighted by atomic mass is 19.1. The van der Waals surface area contributed by atoms with Gasteiger partial charge in [0.15, 0.2) is 0 Å². The SMILES string of the molecule is COc1ccccc1NC(=O)[C@@H](C)Nc1ccc(C)c(F)c1. The Kier molecular flexibility index (Phi) is 4.99. The second kappa shape index (κ2) is 6.93. The second-order valence-corrected chi connectivity index (χ2v) is 5.02. The molecule has 4 nitrogen and oxygen atoms in total. The number of aryl methyl sites for hydroxylation is 1. The number of anilines is 2. The molecule has 116 valence electrons. The highest BCUT2D eigenvalue weighted by Gasteiger charge is 2.15. The second-order valence-electron chi connectivity index (χ2n) is 5.02. The third-order valence-corrected chi connectivity index (χ3v) is 3.31. The largest absolute Gasteiger partial charge is 0.495 e.